The van der Waals surface area contributed by atoms with E-state index in [1.165, 1.54) is 23.2 Å². The molecule has 0 aliphatic carbocycles. The first kappa shape index (κ1) is 13.4. The zero-order chi connectivity index (χ0) is 14.7. The third kappa shape index (κ3) is 2.94. The number of benzene rings is 1. The molecule has 2 aromatic heterocycles. The van der Waals surface area contributed by atoms with E-state index in [0.29, 0.717) is 11.4 Å². The van der Waals surface area contributed by atoms with Crippen molar-refractivity contribution in [2.45, 2.75) is 6.42 Å². The number of hydrogen-bond acceptors (Lipinski definition) is 2. The van der Waals surface area contributed by atoms with Crippen molar-refractivity contribution in [3.8, 4) is 0 Å². The van der Waals surface area contributed by atoms with E-state index in [-0.39, 0.29) is 5.82 Å². The minimum atomic E-state index is -0.342. The van der Waals surface area contributed by atoms with Gasteiger partial charge < -0.3 is 10.3 Å². The minimum absolute atomic E-state index is 0.342. The molecule has 0 spiro atoms. The Kier molecular flexibility index (Phi) is 3.69. The highest BCUT2D eigenvalue weighted by molar-refractivity contribution is 5.83. The van der Waals surface area contributed by atoms with Crippen molar-refractivity contribution in [3.63, 3.8) is 0 Å². The fourth-order valence-electron chi connectivity index (χ4n) is 2.33. The van der Waals surface area contributed by atoms with Crippen LogP contribution < -0.4 is 5.32 Å². The SMILES string of the molecule is C=C(NCCc1c[nH]c2ccccc12)c1ccc(F)cn1. The Bertz CT molecular complexity index is 759. The fraction of sp³-hybridized carbons (Fsp3) is 0.118. The fourth-order valence-corrected chi connectivity index (χ4v) is 2.33. The highest BCUT2D eigenvalue weighted by Gasteiger charge is 2.04. The van der Waals surface area contributed by atoms with Crippen LogP contribution in [0, 0.1) is 5.82 Å². The lowest BCUT2D eigenvalue weighted by molar-refractivity contribution is 0.620. The molecule has 0 amide bonds. The molecule has 0 saturated carbocycles. The number of aromatic nitrogens is 2. The van der Waals surface area contributed by atoms with Crippen LogP contribution in [0.1, 0.15) is 11.3 Å². The van der Waals surface area contributed by atoms with Crippen molar-refractivity contribution in [1.29, 1.82) is 0 Å². The van der Waals surface area contributed by atoms with Gasteiger partial charge in [-0.2, -0.15) is 0 Å². The van der Waals surface area contributed by atoms with Gasteiger partial charge in [-0.3, -0.25) is 4.98 Å². The van der Waals surface area contributed by atoms with Gasteiger partial charge in [0.25, 0.3) is 0 Å². The molecule has 4 heteroatoms. The lowest BCUT2D eigenvalue weighted by Crippen LogP contribution is -2.15. The molecule has 3 nitrogen and oxygen atoms in total. The van der Waals surface area contributed by atoms with E-state index in [2.05, 4.69) is 34.0 Å². The summed E-state index contributed by atoms with van der Waals surface area (Å²) in [5, 5.41) is 4.47. The molecule has 2 N–H and O–H groups in total. The van der Waals surface area contributed by atoms with Gasteiger partial charge in [0.05, 0.1) is 17.6 Å². The molecule has 21 heavy (non-hydrogen) atoms. The van der Waals surface area contributed by atoms with E-state index in [9.17, 15) is 4.39 Å². The summed E-state index contributed by atoms with van der Waals surface area (Å²) in [5.74, 6) is -0.342. The number of halogens is 1. The van der Waals surface area contributed by atoms with Crippen molar-refractivity contribution in [2.24, 2.45) is 0 Å². The summed E-state index contributed by atoms with van der Waals surface area (Å²) in [6.45, 7) is 4.68. The smallest absolute Gasteiger partial charge is 0.141 e. The van der Waals surface area contributed by atoms with Crippen LogP contribution in [0.5, 0.6) is 0 Å². The first-order chi connectivity index (χ1) is 10.2. The Morgan fingerprint density at radius 3 is 2.90 bits per heavy atom. The lowest BCUT2D eigenvalue weighted by Gasteiger charge is -2.08. The van der Waals surface area contributed by atoms with Gasteiger partial charge in [0.15, 0.2) is 0 Å². The highest BCUT2D eigenvalue weighted by Crippen LogP contribution is 2.18. The Labute approximate surface area is 122 Å². The third-order valence-electron chi connectivity index (χ3n) is 3.44. The van der Waals surface area contributed by atoms with Crippen LogP contribution >= 0.6 is 0 Å². The van der Waals surface area contributed by atoms with E-state index in [4.69, 9.17) is 0 Å². The molecule has 0 radical (unpaired) electrons. The molecule has 2 heterocycles. The number of fused-ring (bicyclic) bond motifs is 1. The highest BCUT2D eigenvalue weighted by atomic mass is 19.1. The summed E-state index contributed by atoms with van der Waals surface area (Å²) < 4.78 is 12.8. The number of para-hydroxylation sites is 1. The number of nitrogens with zero attached hydrogens (tertiary/aromatic N) is 1. The van der Waals surface area contributed by atoms with Crippen molar-refractivity contribution < 1.29 is 4.39 Å². The molecule has 106 valence electrons. The number of nitrogens with one attached hydrogen (secondary N) is 2. The molecule has 0 aliphatic heterocycles. The van der Waals surface area contributed by atoms with Gasteiger partial charge in [0, 0.05) is 23.6 Å². The Balaban J connectivity index is 1.61. The topological polar surface area (TPSA) is 40.7 Å². The molecule has 3 aromatic rings. The van der Waals surface area contributed by atoms with Crippen LogP contribution in [-0.2, 0) is 6.42 Å². The average Bonchev–Trinajstić information content (AvgIpc) is 2.91. The van der Waals surface area contributed by atoms with E-state index in [1.54, 1.807) is 6.07 Å². The molecular weight excluding hydrogens is 265 g/mol. The van der Waals surface area contributed by atoms with Crippen LogP contribution in [-0.4, -0.2) is 16.5 Å². The standard InChI is InChI=1S/C17H16FN3/c1-12(16-7-6-14(18)11-21-16)19-9-8-13-10-20-17-5-3-2-4-15(13)17/h2-7,10-11,19-20H,1,8-9H2. The van der Waals surface area contributed by atoms with Crippen molar-refractivity contribution in [1.82, 2.24) is 15.3 Å². The average molecular weight is 281 g/mol. The molecule has 1 aromatic carbocycles. The van der Waals surface area contributed by atoms with Gasteiger partial charge in [0.2, 0.25) is 0 Å². The van der Waals surface area contributed by atoms with E-state index in [1.807, 2.05) is 18.3 Å². The Morgan fingerprint density at radius 1 is 1.24 bits per heavy atom. The second kappa shape index (κ2) is 5.79. The van der Waals surface area contributed by atoms with Crippen molar-refractivity contribution >= 4 is 16.6 Å². The normalized spacial score (nSPS) is 10.7. The van der Waals surface area contributed by atoms with Crippen molar-refractivity contribution in [2.75, 3.05) is 6.54 Å². The summed E-state index contributed by atoms with van der Waals surface area (Å²) >= 11 is 0. The Morgan fingerprint density at radius 2 is 2.10 bits per heavy atom. The molecule has 0 fully saturated rings. The quantitative estimate of drug-likeness (QED) is 0.751. The van der Waals surface area contributed by atoms with E-state index >= 15 is 0 Å². The maximum atomic E-state index is 12.8. The maximum absolute atomic E-state index is 12.8. The first-order valence-electron chi connectivity index (χ1n) is 6.84. The largest absolute Gasteiger partial charge is 0.383 e. The zero-order valence-corrected chi connectivity index (χ0v) is 11.6. The van der Waals surface area contributed by atoms with E-state index < -0.39 is 0 Å². The van der Waals surface area contributed by atoms with Gasteiger partial charge in [-0.1, -0.05) is 24.8 Å². The van der Waals surface area contributed by atoms with Crippen LogP contribution in [0.15, 0.2) is 55.4 Å². The third-order valence-corrected chi connectivity index (χ3v) is 3.44. The predicted molar refractivity (Wildman–Crippen MR) is 83.2 cm³/mol. The maximum Gasteiger partial charge on any atom is 0.141 e. The van der Waals surface area contributed by atoms with Gasteiger partial charge >= 0.3 is 0 Å². The van der Waals surface area contributed by atoms with Crippen LogP contribution in [0.2, 0.25) is 0 Å². The number of pyridine rings is 1. The second-order valence-corrected chi connectivity index (χ2v) is 4.88. The molecule has 0 atom stereocenters. The molecule has 0 saturated heterocycles. The molecular formula is C17H16FN3. The lowest BCUT2D eigenvalue weighted by atomic mass is 10.1. The van der Waals surface area contributed by atoms with Crippen LogP contribution in [0.3, 0.4) is 0 Å². The molecule has 0 bridgehead atoms. The van der Waals surface area contributed by atoms with Crippen LogP contribution in [0.25, 0.3) is 16.6 Å². The van der Waals surface area contributed by atoms with Gasteiger partial charge in [-0.15, -0.1) is 0 Å². The van der Waals surface area contributed by atoms with Gasteiger partial charge in [-0.25, -0.2) is 4.39 Å². The molecule has 0 aliphatic rings. The number of hydrogen-bond donors (Lipinski definition) is 2. The van der Waals surface area contributed by atoms with Crippen LogP contribution in [0.4, 0.5) is 4.39 Å². The summed E-state index contributed by atoms with van der Waals surface area (Å²) in [7, 11) is 0. The summed E-state index contributed by atoms with van der Waals surface area (Å²) in [5.41, 5.74) is 3.77. The predicted octanol–water partition coefficient (Wildman–Crippen LogP) is 3.51. The van der Waals surface area contributed by atoms with Gasteiger partial charge in [0.1, 0.15) is 5.82 Å². The number of aromatic amines is 1. The van der Waals surface area contributed by atoms with E-state index in [0.717, 1.165) is 18.5 Å². The summed E-state index contributed by atoms with van der Waals surface area (Å²) in [6.07, 6.45) is 4.11. The monoisotopic (exact) mass is 281 g/mol. The summed E-state index contributed by atoms with van der Waals surface area (Å²) in [4.78, 5) is 7.26. The first-order valence-corrected chi connectivity index (χ1v) is 6.84. The number of H-pyrrole nitrogens is 1. The Hall–Kier alpha value is -2.62. The number of rotatable bonds is 5. The zero-order valence-electron chi connectivity index (χ0n) is 11.6. The molecule has 3 rings (SSSR count). The minimum Gasteiger partial charge on any atom is -0.383 e. The van der Waals surface area contributed by atoms with Gasteiger partial charge in [-0.05, 0) is 30.2 Å². The van der Waals surface area contributed by atoms with Crippen molar-refractivity contribution in [3.05, 3.63) is 72.4 Å². The second-order valence-electron chi connectivity index (χ2n) is 4.88. The molecule has 0 unspecified atom stereocenters. The summed E-state index contributed by atoms with van der Waals surface area (Å²) in [6, 6.07) is 11.2.